The molecule has 0 saturated carbocycles. The van der Waals surface area contributed by atoms with Crippen LogP contribution in [0.25, 0.3) is 33.4 Å². The van der Waals surface area contributed by atoms with E-state index in [1.807, 2.05) is 36.4 Å². The number of ether oxygens (including phenoxy) is 18. The smallest absolute Gasteiger partial charge is 0.204 e. The van der Waals surface area contributed by atoms with Crippen molar-refractivity contribution in [1.82, 2.24) is 0 Å². The summed E-state index contributed by atoms with van der Waals surface area (Å²) in [7, 11) is 28.0. The zero-order chi connectivity index (χ0) is 54.4. The lowest BCUT2D eigenvalue weighted by atomic mass is 9.90. The van der Waals surface area contributed by atoms with Crippen molar-refractivity contribution in [1.29, 1.82) is 0 Å². The van der Waals surface area contributed by atoms with Crippen LogP contribution in [0.4, 0.5) is 0 Å². The Morgan fingerprint density at radius 2 is 0.267 bits per heavy atom. The van der Waals surface area contributed by atoms with E-state index in [4.69, 9.17) is 85.3 Å². The molecule has 402 valence electrons. The van der Waals surface area contributed by atoms with Crippen LogP contribution in [0.15, 0.2) is 36.4 Å². The Morgan fingerprint density at radius 3 is 0.360 bits per heavy atom. The highest BCUT2D eigenvalue weighted by molar-refractivity contribution is 5.89. The van der Waals surface area contributed by atoms with Crippen molar-refractivity contribution in [2.24, 2.45) is 0 Å². The first-order valence-corrected chi connectivity index (χ1v) is 23.4. The monoisotopic (exact) mass is 1040 g/mol. The van der Waals surface area contributed by atoms with Gasteiger partial charge in [0.2, 0.25) is 34.5 Å². The molecule has 0 amide bonds. The van der Waals surface area contributed by atoms with Gasteiger partial charge in [0.05, 0.1) is 128 Å². The zero-order valence-electron chi connectivity index (χ0n) is 45.9. The van der Waals surface area contributed by atoms with Gasteiger partial charge in [-0.3, -0.25) is 0 Å². The highest BCUT2D eigenvalue weighted by atomic mass is 16.6. The van der Waals surface area contributed by atoms with E-state index in [-0.39, 0.29) is 19.3 Å². The molecule has 0 heterocycles. The molecular weight excluding hydrogens is 973 g/mol. The average molecular weight is 1040 g/mol. The number of benzene rings is 6. The summed E-state index contributed by atoms with van der Waals surface area (Å²) < 4.78 is 112. The molecule has 1 aliphatic carbocycles. The first kappa shape index (κ1) is 54.5. The number of hydrogen-bond donors (Lipinski definition) is 0. The molecule has 1 aliphatic rings. The van der Waals surface area contributed by atoms with E-state index in [1.165, 1.54) is 0 Å². The van der Waals surface area contributed by atoms with Crippen LogP contribution in [-0.2, 0) is 19.3 Å². The maximum atomic E-state index is 6.23. The maximum absolute atomic E-state index is 6.23. The molecule has 0 N–H and O–H groups in total. The van der Waals surface area contributed by atoms with Crippen molar-refractivity contribution in [3.05, 3.63) is 69.8 Å². The molecule has 0 fully saturated rings. The van der Waals surface area contributed by atoms with Gasteiger partial charge in [-0.1, -0.05) is 0 Å². The van der Waals surface area contributed by atoms with Crippen molar-refractivity contribution in [3.63, 3.8) is 0 Å². The van der Waals surface area contributed by atoms with Crippen molar-refractivity contribution in [2.45, 2.75) is 19.3 Å². The highest BCUT2D eigenvalue weighted by Gasteiger charge is 2.34. The number of methoxy groups -OCH3 is 18. The molecule has 12 bridgehead atoms. The van der Waals surface area contributed by atoms with E-state index in [1.54, 1.807) is 128 Å². The second-order valence-corrected chi connectivity index (χ2v) is 16.6. The van der Waals surface area contributed by atoms with Crippen LogP contribution in [0.2, 0.25) is 0 Å². The van der Waals surface area contributed by atoms with E-state index >= 15 is 0 Å². The van der Waals surface area contributed by atoms with Crippen molar-refractivity contribution >= 4 is 0 Å². The van der Waals surface area contributed by atoms with Gasteiger partial charge in [-0.2, -0.15) is 0 Å². The fourth-order valence-electron chi connectivity index (χ4n) is 10.3. The average Bonchev–Trinajstić information content (AvgIpc) is 3.44. The fourth-order valence-corrected chi connectivity index (χ4v) is 10.3. The summed E-state index contributed by atoms with van der Waals surface area (Å²) in [6, 6.07) is 11.7. The normalized spacial score (nSPS) is 11.4. The summed E-state index contributed by atoms with van der Waals surface area (Å²) >= 11 is 0. The molecule has 6 aromatic rings. The van der Waals surface area contributed by atoms with E-state index in [2.05, 4.69) is 0 Å². The Morgan fingerprint density at radius 1 is 0.160 bits per heavy atom. The molecule has 0 saturated heterocycles. The van der Waals surface area contributed by atoms with Crippen LogP contribution in [-0.4, -0.2) is 128 Å². The highest BCUT2D eigenvalue weighted by Crippen LogP contribution is 2.59. The first-order chi connectivity index (χ1) is 36.4. The van der Waals surface area contributed by atoms with E-state index in [0.29, 0.717) is 170 Å². The van der Waals surface area contributed by atoms with Crippen LogP contribution in [0, 0.1) is 0 Å². The fraction of sp³-hybridized carbons (Fsp3) is 0.368. The Bertz CT molecular complexity index is 2560. The van der Waals surface area contributed by atoms with Gasteiger partial charge in [0, 0.05) is 86.0 Å². The minimum atomic E-state index is 0.176. The van der Waals surface area contributed by atoms with Gasteiger partial charge in [0.1, 0.15) is 0 Å². The predicted molar refractivity (Wildman–Crippen MR) is 282 cm³/mol. The Labute approximate surface area is 437 Å². The van der Waals surface area contributed by atoms with Gasteiger partial charge in [-0.05, 0) is 36.4 Å². The number of fused-ring (bicyclic) bond motifs is 15. The Balaban J connectivity index is 1.79. The number of rotatable bonds is 18. The molecule has 0 radical (unpaired) electrons. The number of hydrogen-bond acceptors (Lipinski definition) is 18. The van der Waals surface area contributed by atoms with Crippen LogP contribution in [0.3, 0.4) is 0 Å². The lowest BCUT2D eigenvalue weighted by Crippen LogP contribution is -2.07. The predicted octanol–water partition coefficient (Wildman–Crippen LogP) is 9.93. The third-order valence-corrected chi connectivity index (χ3v) is 13.3. The van der Waals surface area contributed by atoms with Crippen LogP contribution >= 0.6 is 0 Å². The zero-order valence-corrected chi connectivity index (χ0v) is 45.9. The van der Waals surface area contributed by atoms with E-state index in [0.717, 1.165) is 0 Å². The quantitative estimate of drug-likeness (QED) is 0.0796. The van der Waals surface area contributed by atoms with Gasteiger partial charge < -0.3 is 85.3 Å². The largest absolute Gasteiger partial charge is 0.492 e. The van der Waals surface area contributed by atoms with Gasteiger partial charge >= 0.3 is 0 Å². The van der Waals surface area contributed by atoms with Crippen molar-refractivity contribution < 1.29 is 85.3 Å². The molecule has 18 heteroatoms. The third-order valence-electron chi connectivity index (χ3n) is 13.3. The molecule has 75 heavy (non-hydrogen) atoms. The SMILES string of the molecule is COc1c2cc(c(OC)c1OC)-c1cc(c(OC)c(OC)c1OC)Cc1cc(c(OC)c(OC)c1OC)-c1cc(c(OC)c(OC)c1OC)Cc1cc(c(OC)c(OC)c1OC)-c1cc(c(OC)c(OC)c1OC)C2. The van der Waals surface area contributed by atoms with E-state index < -0.39 is 0 Å². The second kappa shape index (κ2) is 23.3. The first-order valence-electron chi connectivity index (χ1n) is 23.4. The molecule has 0 aromatic heterocycles. The minimum Gasteiger partial charge on any atom is -0.492 e. The Hall–Kier alpha value is -8.28. The summed E-state index contributed by atoms with van der Waals surface area (Å²) in [6.07, 6.45) is 0.527. The molecule has 18 nitrogen and oxygen atoms in total. The van der Waals surface area contributed by atoms with Gasteiger partial charge in [0.25, 0.3) is 0 Å². The summed E-state index contributed by atoms with van der Waals surface area (Å²) in [6.45, 7) is 0. The molecule has 6 aromatic carbocycles. The van der Waals surface area contributed by atoms with Gasteiger partial charge in [-0.25, -0.2) is 0 Å². The summed E-state index contributed by atoms with van der Waals surface area (Å²) in [5.74, 6) is 6.28. The molecule has 0 aliphatic heterocycles. The Kier molecular flexibility index (Phi) is 16.9. The van der Waals surface area contributed by atoms with Crippen molar-refractivity contribution in [3.8, 4) is 137 Å². The standard InChI is InChI=1S/C57H66O18/c1-58-40-28-19-29-23-36(48(66-9)53(71-14)41(29)59-2)37-25-32(44(62-5)55(73-16)49(37)67-10)21-33-27-39(51(69-12)57(75-18)45(33)63-6)38-26-31(43(61-4)56(74-17)50(38)68-11)20-30-24-35(34(22-28)46(64-7)52(40)70-13)47(65-8)54(72-15)42(30)60-3/h22-27H,19-21H2,1-18H3. The van der Waals surface area contributed by atoms with Crippen LogP contribution in [0.1, 0.15) is 33.4 Å². The van der Waals surface area contributed by atoms with Crippen LogP contribution in [0.5, 0.6) is 103 Å². The molecular formula is C57H66O18. The van der Waals surface area contributed by atoms with Crippen LogP contribution < -0.4 is 85.3 Å². The molecule has 7 rings (SSSR count). The summed E-state index contributed by atoms with van der Waals surface area (Å²) in [4.78, 5) is 0. The topological polar surface area (TPSA) is 166 Å². The van der Waals surface area contributed by atoms with Gasteiger partial charge in [-0.15, -0.1) is 0 Å². The molecule has 0 spiro atoms. The summed E-state index contributed by atoms with van der Waals surface area (Å²) in [5.41, 5.74) is 7.30. The lowest BCUT2D eigenvalue weighted by Gasteiger charge is -2.25. The third kappa shape index (κ3) is 9.05. The lowest BCUT2D eigenvalue weighted by molar-refractivity contribution is 0.318. The minimum absolute atomic E-state index is 0.176. The molecule has 0 unspecified atom stereocenters. The van der Waals surface area contributed by atoms with Gasteiger partial charge in [0.15, 0.2) is 69.0 Å². The van der Waals surface area contributed by atoms with Crippen molar-refractivity contribution in [2.75, 3.05) is 128 Å². The van der Waals surface area contributed by atoms with E-state index in [9.17, 15) is 0 Å². The summed E-state index contributed by atoms with van der Waals surface area (Å²) in [5, 5.41) is 0. The second-order valence-electron chi connectivity index (χ2n) is 16.6. The molecule has 0 atom stereocenters. The maximum Gasteiger partial charge on any atom is 0.204 e.